The number of nitrogens with one attached hydrogen (secondary N) is 4. The Morgan fingerprint density at radius 1 is 1.10 bits per heavy atom. The highest BCUT2D eigenvalue weighted by molar-refractivity contribution is 6.01. The van der Waals surface area contributed by atoms with E-state index in [2.05, 4.69) is 46.9 Å². The molecule has 0 saturated carbocycles. The molecule has 0 unspecified atom stereocenters. The van der Waals surface area contributed by atoms with Crippen molar-refractivity contribution in [3.05, 3.63) is 29.8 Å². The number of hydrogen-bond donors (Lipinski definition) is 4. The molecule has 1 saturated heterocycles. The Bertz CT molecular complexity index is 1010. The predicted octanol–water partition coefficient (Wildman–Crippen LogP) is 1.84. The summed E-state index contributed by atoms with van der Waals surface area (Å²) < 4.78 is 6.05. The quantitative estimate of drug-likeness (QED) is 0.416. The summed E-state index contributed by atoms with van der Waals surface area (Å²) in [6.07, 6.45) is 2.43. The van der Waals surface area contributed by atoms with Gasteiger partial charge in [-0.1, -0.05) is 46.8 Å². The van der Waals surface area contributed by atoms with Gasteiger partial charge in [0.1, 0.15) is 24.4 Å². The van der Waals surface area contributed by atoms with Gasteiger partial charge in [-0.3, -0.25) is 24.1 Å². The molecule has 0 bridgehead atoms. The summed E-state index contributed by atoms with van der Waals surface area (Å²) in [6, 6.07) is 4.79. The van der Waals surface area contributed by atoms with Crippen molar-refractivity contribution < 1.29 is 23.9 Å². The molecule has 0 spiro atoms. The summed E-state index contributed by atoms with van der Waals surface area (Å²) in [5, 5.41) is 11.5. The lowest BCUT2D eigenvalue weighted by atomic mass is 10.00. The number of carbonyl (C=O) groups is 4. The number of fused-ring (bicyclic) bond motifs is 1. The van der Waals surface area contributed by atoms with Crippen LogP contribution in [0.5, 0.6) is 5.75 Å². The Balaban J connectivity index is 1.86. The molecule has 1 aromatic rings. The van der Waals surface area contributed by atoms with Gasteiger partial charge in [-0.25, -0.2) is 0 Å². The second-order valence-electron chi connectivity index (χ2n) is 11.3. The van der Waals surface area contributed by atoms with Crippen LogP contribution in [0.15, 0.2) is 24.3 Å². The molecule has 4 amide bonds. The number of rotatable bonds is 7. The van der Waals surface area contributed by atoms with Gasteiger partial charge in [0.25, 0.3) is 5.91 Å². The summed E-state index contributed by atoms with van der Waals surface area (Å²) in [5.41, 5.74) is 0.260. The third-order valence-electron chi connectivity index (χ3n) is 7.37. The third kappa shape index (κ3) is 8.68. The fourth-order valence-electron chi connectivity index (χ4n) is 5.28. The van der Waals surface area contributed by atoms with Crippen molar-refractivity contribution in [2.45, 2.75) is 84.5 Å². The van der Waals surface area contributed by atoms with Crippen LogP contribution in [0, 0.1) is 11.8 Å². The number of likely N-dealkylation sites (N-methyl/N-ethyl adjacent to an activating group) is 1. The van der Waals surface area contributed by atoms with Gasteiger partial charge < -0.3 is 26.0 Å². The highest BCUT2D eigenvalue weighted by Crippen LogP contribution is 2.20. The van der Waals surface area contributed by atoms with Crippen LogP contribution in [0.25, 0.3) is 0 Å². The first-order valence-electron chi connectivity index (χ1n) is 14.2. The van der Waals surface area contributed by atoms with Crippen LogP contribution in [-0.4, -0.2) is 78.9 Å². The molecule has 10 heteroatoms. The molecule has 1 aromatic carbocycles. The van der Waals surface area contributed by atoms with E-state index in [9.17, 15) is 19.2 Å². The highest BCUT2D eigenvalue weighted by atomic mass is 16.5. The highest BCUT2D eigenvalue weighted by Gasteiger charge is 2.32. The lowest BCUT2D eigenvalue weighted by Gasteiger charge is -2.28. The molecule has 39 heavy (non-hydrogen) atoms. The summed E-state index contributed by atoms with van der Waals surface area (Å²) in [5.74, 6) is -1.27. The zero-order chi connectivity index (χ0) is 28.5. The van der Waals surface area contributed by atoms with E-state index in [1.807, 2.05) is 13.8 Å². The zero-order valence-electron chi connectivity index (χ0n) is 23.9. The van der Waals surface area contributed by atoms with Crippen LogP contribution in [0.1, 0.15) is 70.7 Å². The minimum atomic E-state index is -1.12. The van der Waals surface area contributed by atoms with Crippen LogP contribution >= 0.6 is 0 Å². The van der Waals surface area contributed by atoms with Crippen LogP contribution < -0.4 is 26.0 Å². The average molecular weight is 544 g/mol. The number of amides is 4. The number of likely N-dealkylation sites (tertiary alicyclic amines) is 1. The molecule has 0 aliphatic carbocycles. The lowest BCUT2D eigenvalue weighted by molar-refractivity contribution is -0.132. The first-order chi connectivity index (χ1) is 18.6. The maximum Gasteiger partial charge on any atom is 0.255 e. The number of carbonyl (C=O) groups excluding carboxylic acids is 4. The van der Waals surface area contributed by atoms with Gasteiger partial charge in [0.15, 0.2) is 0 Å². The molecular formula is C29H45N5O5. The van der Waals surface area contributed by atoms with Gasteiger partial charge in [0, 0.05) is 12.6 Å². The van der Waals surface area contributed by atoms with Crippen LogP contribution in [0.4, 0.5) is 0 Å². The van der Waals surface area contributed by atoms with Gasteiger partial charge in [-0.15, -0.1) is 0 Å². The molecule has 216 valence electrons. The maximum absolute atomic E-state index is 13.4. The Kier molecular flexibility index (Phi) is 11.2. The normalized spacial score (nSPS) is 25.3. The molecule has 2 heterocycles. The molecule has 4 atom stereocenters. The topological polar surface area (TPSA) is 129 Å². The molecule has 3 rings (SSSR count). The number of para-hydroxylation sites is 1. The van der Waals surface area contributed by atoms with E-state index in [0.29, 0.717) is 18.7 Å². The van der Waals surface area contributed by atoms with E-state index >= 15 is 0 Å². The van der Waals surface area contributed by atoms with Crippen LogP contribution in [0.2, 0.25) is 0 Å². The number of ether oxygens (including phenoxy) is 1. The van der Waals surface area contributed by atoms with E-state index in [-0.39, 0.29) is 48.4 Å². The van der Waals surface area contributed by atoms with E-state index in [4.69, 9.17) is 4.74 Å². The first-order valence-corrected chi connectivity index (χ1v) is 14.2. The second kappa shape index (κ2) is 14.3. The standard InChI is InChI=1S/C29H45N5O5/c1-6-34-13-9-10-21(34)16-30-28(37)23-15-25(35)33-26(19(4)5)29(38)31-20(14-18(2)3)17-39-24-12-8-7-11-22(24)27(36)32-23/h7-8,11-12,18-21,23,26H,6,9-10,13-17H2,1-5H3,(H,30,37)(H,31,38)(H,32,36)(H,33,35)/t20-,21+,23+,26-/m1/s1. The molecule has 2 aliphatic heterocycles. The molecule has 1 fully saturated rings. The SMILES string of the molecule is CCN1CCC[C@H]1CNC(=O)[C@@H]1CC(=O)N[C@H](C(C)C)C(=O)N[C@H](CC(C)C)COc2ccccc2C(=O)N1. The minimum absolute atomic E-state index is 0.159. The summed E-state index contributed by atoms with van der Waals surface area (Å²) >= 11 is 0. The zero-order valence-corrected chi connectivity index (χ0v) is 23.9. The molecule has 4 N–H and O–H groups in total. The van der Waals surface area contributed by atoms with Crippen LogP contribution in [0.3, 0.4) is 0 Å². The average Bonchev–Trinajstić information content (AvgIpc) is 3.35. The summed E-state index contributed by atoms with van der Waals surface area (Å²) in [4.78, 5) is 55.3. The third-order valence-corrected chi connectivity index (χ3v) is 7.37. The van der Waals surface area contributed by atoms with E-state index in [1.54, 1.807) is 24.3 Å². The predicted molar refractivity (Wildman–Crippen MR) is 149 cm³/mol. The van der Waals surface area contributed by atoms with Crippen molar-refractivity contribution in [3.63, 3.8) is 0 Å². The molecule has 0 radical (unpaired) electrons. The summed E-state index contributed by atoms with van der Waals surface area (Å²) in [7, 11) is 0. The molecular weight excluding hydrogens is 498 g/mol. The minimum Gasteiger partial charge on any atom is -0.491 e. The van der Waals surface area contributed by atoms with Crippen molar-refractivity contribution in [1.29, 1.82) is 0 Å². The van der Waals surface area contributed by atoms with Crippen molar-refractivity contribution in [3.8, 4) is 5.75 Å². The van der Waals surface area contributed by atoms with Gasteiger partial charge in [0.2, 0.25) is 17.7 Å². The van der Waals surface area contributed by atoms with E-state index in [0.717, 1.165) is 25.9 Å². The Morgan fingerprint density at radius 2 is 1.85 bits per heavy atom. The molecule has 2 aliphatic rings. The number of nitrogens with zero attached hydrogens (tertiary/aromatic N) is 1. The van der Waals surface area contributed by atoms with Gasteiger partial charge in [-0.05, 0) is 56.3 Å². The lowest BCUT2D eigenvalue weighted by Crippen LogP contribution is -2.56. The Morgan fingerprint density at radius 3 is 2.54 bits per heavy atom. The van der Waals surface area contributed by atoms with Gasteiger partial charge >= 0.3 is 0 Å². The monoisotopic (exact) mass is 543 g/mol. The van der Waals surface area contributed by atoms with E-state index < -0.39 is 29.8 Å². The Labute approximate surface area is 232 Å². The van der Waals surface area contributed by atoms with Gasteiger partial charge in [-0.2, -0.15) is 0 Å². The smallest absolute Gasteiger partial charge is 0.255 e. The van der Waals surface area contributed by atoms with Crippen LogP contribution in [-0.2, 0) is 14.4 Å². The van der Waals surface area contributed by atoms with Crippen molar-refractivity contribution in [2.75, 3.05) is 26.2 Å². The Hall–Kier alpha value is -3.14. The number of benzene rings is 1. The van der Waals surface area contributed by atoms with Crippen molar-refractivity contribution in [2.24, 2.45) is 11.8 Å². The van der Waals surface area contributed by atoms with Gasteiger partial charge in [0.05, 0.1) is 18.0 Å². The second-order valence-corrected chi connectivity index (χ2v) is 11.3. The molecule has 0 aromatic heterocycles. The fourth-order valence-corrected chi connectivity index (χ4v) is 5.28. The van der Waals surface area contributed by atoms with E-state index in [1.165, 1.54) is 0 Å². The van der Waals surface area contributed by atoms with Crippen molar-refractivity contribution in [1.82, 2.24) is 26.2 Å². The number of hydrogen-bond acceptors (Lipinski definition) is 6. The molecule has 10 nitrogen and oxygen atoms in total. The fraction of sp³-hybridized carbons (Fsp3) is 0.655. The first kappa shape index (κ1) is 30.4. The maximum atomic E-state index is 13.4. The largest absolute Gasteiger partial charge is 0.491 e. The summed E-state index contributed by atoms with van der Waals surface area (Å²) in [6.45, 7) is 12.4. The van der Waals surface area contributed by atoms with Crippen molar-refractivity contribution >= 4 is 23.6 Å².